The topological polar surface area (TPSA) is 68.3 Å². The van der Waals surface area contributed by atoms with Gasteiger partial charge in [-0.2, -0.15) is 0 Å². The third-order valence-corrected chi connectivity index (χ3v) is 8.74. The van der Waals surface area contributed by atoms with Crippen molar-refractivity contribution in [1.29, 1.82) is 0 Å². The minimum atomic E-state index is -3.22. The molecule has 1 heterocycles. The van der Waals surface area contributed by atoms with Crippen LogP contribution < -0.4 is 0 Å². The first-order chi connectivity index (χ1) is 10.4. The predicted molar refractivity (Wildman–Crippen MR) is 92.7 cm³/mol. The summed E-state index contributed by atoms with van der Waals surface area (Å²) >= 11 is 0. The maximum Gasteiger partial charge on any atom is 0.154 e. The summed E-state index contributed by atoms with van der Waals surface area (Å²) in [6, 6.07) is 0. The zero-order chi connectivity index (χ0) is 16.5. The summed E-state index contributed by atoms with van der Waals surface area (Å²) in [4.78, 5) is 0. The largest absolute Gasteiger partial charge is 0.229 e. The van der Waals surface area contributed by atoms with Gasteiger partial charge in [0.05, 0.1) is 22.5 Å². The average molecular weight is 353 g/mol. The van der Waals surface area contributed by atoms with Crippen molar-refractivity contribution in [2.45, 2.75) is 82.8 Å². The van der Waals surface area contributed by atoms with Crippen LogP contribution in [0.2, 0.25) is 0 Å². The molecule has 4 nitrogen and oxygen atoms in total. The molecule has 6 heteroatoms. The van der Waals surface area contributed by atoms with Crippen LogP contribution in [-0.4, -0.2) is 39.3 Å². The molecule has 22 heavy (non-hydrogen) atoms. The van der Waals surface area contributed by atoms with Crippen molar-refractivity contribution in [3.8, 4) is 0 Å². The summed E-state index contributed by atoms with van der Waals surface area (Å²) in [5.74, 6) is 0.0334. The minimum absolute atomic E-state index is 0.0366. The van der Waals surface area contributed by atoms with Crippen molar-refractivity contribution in [1.82, 2.24) is 0 Å². The lowest BCUT2D eigenvalue weighted by atomic mass is 10.1. The van der Waals surface area contributed by atoms with Crippen LogP contribution in [0.3, 0.4) is 0 Å². The number of hydrogen-bond donors (Lipinski definition) is 0. The fraction of sp³-hybridized carbons (Fsp3) is 1.00. The maximum atomic E-state index is 12.1. The normalized spacial score (nSPS) is 21.2. The van der Waals surface area contributed by atoms with Crippen LogP contribution >= 0.6 is 0 Å². The van der Waals surface area contributed by atoms with E-state index in [1.54, 1.807) is 0 Å². The molecular formula is C16H32O4S2. The summed E-state index contributed by atoms with van der Waals surface area (Å²) in [6.45, 7) is 2.22. The van der Waals surface area contributed by atoms with Gasteiger partial charge in [0, 0.05) is 0 Å². The molecule has 1 aliphatic rings. The van der Waals surface area contributed by atoms with Crippen LogP contribution in [-0.2, 0) is 19.7 Å². The van der Waals surface area contributed by atoms with E-state index >= 15 is 0 Å². The quantitative estimate of drug-likeness (QED) is 0.504. The molecular weight excluding hydrogens is 320 g/mol. The van der Waals surface area contributed by atoms with Crippen LogP contribution in [0.25, 0.3) is 0 Å². The van der Waals surface area contributed by atoms with Gasteiger partial charge in [0.2, 0.25) is 0 Å². The van der Waals surface area contributed by atoms with E-state index in [2.05, 4.69) is 6.92 Å². The van der Waals surface area contributed by atoms with Gasteiger partial charge < -0.3 is 0 Å². The molecule has 0 aliphatic carbocycles. The Morgan fingerprint density at radius 2 is 1.36 bits per heavy atom. The molecule has 0 unspecified atom stereocenters. The second-order valence-electron chi connectivity index (χ2n) is 6.57. The minimum Gasteiger partial charge on any atom is -0.229 e. The van der Waals surface area contributed by atoms with E-state index in [-0.39, 0.29) is 17.3 Å². The lowest BCUT2D eigenvalue weighted by Gasteiger charge is -2.09. The summed E-state index contributed by atoms with van der Waals surface area (Å²) in [5.41, 5.74) is 0. The summed E-state index contributed by atoms with van der Waals surface area (Å²) in [7, 11) is -6.33. The van der Waals surface area contributed by atoms with Crippen molar-refractivity contribution >= 4 is 19.7 Å². The molecule has 0 N–H and O–H groups in total. The van der Waals surface area contributed by atoms with Gasteiger partial charge in [-0.3, -0.25) is 0 Å². The third kappa shape index (κ3) is 7.95. The van der Waals surface area contributed by atoms with Gasteiger partial charge in [-0.25, -0.2) is 16.8 Å². The summed E-state index contributed by atoms with van der Waals surface area (Å²) in [5, 5.41) is -0.643. The molecule has 1 fully saturated rings. The summed E-state index contributed by atoms with van der Waals surface area (Å²) in [6.07, 6.45) is 12.0. The van der Waals surface area contributed by atoms with Gasteiger partial charge in [0.25, 0.3) is 0 Å². The zero-order valence-electron chi connectivity index (χ0n) is 13.9. The average Bonchev–Trinajstić information content (AvgIpc) is 2.82. The first-order valence-corrected chi connectivity index (χ1v) is 12.3. The molecule has 1 atom stereocenters. The molecule has 0 amide bonds. The Morgan fingerprint density at radius 1 is 0.864 bits per heavy atom. The molecule has 1 saturated heterocycles. The number of sulfone groups is 2. The maximum absolute atomic E-state index is 12.1. The Hall–Kier alpha value is -0.100. The van der Waals surface area contributed by atoms with E-state index in [4.69, 9.17) is 0 Å². The Morgan fingerprint density at radius 3 is 1.82 bits per heavy atom. The molecule has 0 aromatic heterocycles. The molecule has 0 saturated carbocycles. The second kappa shape index (κ2) is 9.91. The van der Waals surface area contributed by atoms with Crippen LogP contribution in [0.5, 0.6) is 0 Å². The molecule has 0 radical (unpaired) electrons. The fourth-order valence-electron chi connectivity index (χ4n) is 3.00. The number of hydrogen-bond acceptors (Lipinski definition) is 4. The van der Waals surface area contributed by atoms with Gasteiger partial charge in [0.1, 0.15) is 0 Å². The van der Waals surface area contributed by atoms with Gasteiger partial charge in [-0.15, -0.1) is 0 Å². The van der Waals surface area contributed by atoms with Gasteiger partial charge in [-0.1, -0.05) is 64.7 Å². The molecule has 0 aromatic rings. The van der Waals surface area contributed by atoms with Crippen molar-refractivity contribution in [2.24, 2.45) is 0 Å². The predicted octanol–water partition coefficient (Wildman–Crippen LogP) is 3.51. The Labute approximate surface area is 136 Å². The fourth-order valence-corrected chi connectivity index (χ4v) is 7.56. The Bertz CT molecular complexity index is 494. The Balaban J connectivity index is 2.04. The monoisotopic (exact) mass is 352 g/mol. The lowest BCUT2D eigenvalue weighted by Crippen LogP contribution is -2.25. The Kier molecular flexibility index (Phi) is 8.98. The zero-order valence-corrected chi connectivity index (χ0v) is 15.6. The van der Waals surface area contributed by atoms with Crippen molar-refractivity contribution < 1.29 is 16.8 Å². The molecule has 0 spiro atoms. The standard InChI is InChI=1S/C16H32O4S2/c1-2-3-4-5-6-7-8-9-10-11-13-22(19,20)16-12-14-21(17,18)15-16/h16H,2-15H2,1H3/t16-/m0/s1. The molecule has 1 rings (SSSR count). The molecule has 1 aliphatic heterocycles. The highest BCUT2D eigenvalue weighted by Gasteiger charge is 2.36. The van der Waals surface area contributed by atoms with E-state index in [9.17, 15) is 16.8 Å². The van der Waals surface area contributed by atoms with Crippen LogP contribution in [0.4, 0.5) is 0 Å². The smallest absolute Gasteiger partial charge is 0.154 e. The van der Waals surface area contributed by atoms with Crippen LogP contribution in [0, 0.1) is 0 Å². The van der Waals surface area contributed by atoms with Crippen molar-refractivity contribution in [3.63, 3.8) is 0 Å². The first kappa shape index (κ1) is 19.9. The van der Waals surface area contributed by atoms with E-state index in [1.807, 2.05) is 0 Å². The highest BCUT2D eigenvalue weighted by molar-refractivity contribution is 7.96. The molecule has 0 aromatic carbocycles. The highest BCUT2D eigenvalue weighted by atomic mass is 32.2. The van der Waals surface area contributed by atoms with Crippen molar-refractivity contribution in [3.05, 3.63) is 0 Å². The van der Waals surface area contributed by atoms with Gasteiger partial charge >= 0.3 is 0 Å². The molecule has 0 bridgehead atoms. The van der Waals surface area contributed by atoms with E-state index in [0.29, 0.717) is 12.8 Å². The van der Waals surface area contributed by atoms with Gasteiger partial charge in [-0.05, 0) is 12.8 Å². The number of unbranched alkanes of at least 4 members (excludes halogenated alkanes) is 9. The lowest BCUT2D eigenvalue weighted by molar-refractivity contribution is 0.555. The van der Waals surface area contributed by atoms with Gasteiger partial charge in [0.15, 0.2) is 19.7 Å². The second-order valence-corrected chi connectivity index (χ2v) is 11.2. The number of rotatable bonds is 12. The van der Waals surface area contributed by atoms with Crippen LogP contribution in [0.15, 0.2) is 0 Å². The molecule has 132 valence electrons. The van der Waals surface area contributed by atoms with E-state index in [1.165, 1.54) is 44.9 Å². The summed E-state index contributed by atoms with van der Waals surface area (Å²) < 4.78 is 46.9. The van der Waals surface area contributed by atoms with E-state index in [0.717, 1.165) is 12.8 Å². The van der Waals surface area contributed by atoms with Crippen molar-refractivity contribution in [2.75, 3.05) is 17.3 Å². The first-order valence-electron chi connectivity index (χ1n) is 8.79. The SMILES string of the molecule is CCCCCCCCCCCCS(=O)(=O)[C@H]1CCS(=O)(=O)C1. The highest BCUT2D eigenvalue weighted by Crippen LogP contribution is 2.21. The van der Waals surface area contributed by atoms with E-state index < -0.39 is 24.9 Å². The third-order valence-electron chi connectivity index (χ3n) is 4.48. The van der Waals surface area contributed by atoms with Crippen LogP contribution in [0.1, 0.15) is 77.6 Å².